The zero-order valence-corrected chi connectivity index (χ0v) is 15.0. The molecule has 2 aromatic carbocycles. The molecule has 0 heterocycles. The lowest BCUT2D eigenvalue weighted by molar-refractivity contribution is -0.117. The van der Waals surface area contributed by atoms with E-state index in [1.165, 1.54) is 5.56 Å². The van der Waals surface area contributed by atoms with Crippen molar-refractivity contribution < 1.29 is 14.3 Å². The first-order valence-corrected chi connectivity index (χ1v) is 8.98. The van der Waals surface area contributed by atoms with Crippen LogP contribution in [0.15, 0.2) is 48.5 Å². The van der Waals surface area contributed by atoms with E-state index >= 15 is 0 Å². The van der Waals surface area contributed by atoms with E-state index in [0.29, 0.717) is 12.1 Å². The molecule has 136 valence electrons. The first-order chi connectivity index (χ1) is 12.7. The topological polar surface area (TPSA) is 67.4 Å². The Hall–Kier alpha value is -2.82. The van der Waals surface area contributed by atoms with Crippen molar-refractivity contribution in [3.05, 3.63) is 59.7 Å². The molecule has 1 aliphatic rings. The molecule has 1 aliphatic carbocycles. The van der Waals surface area contributed by atoms with E-state index in [1.54, 1.807) is 31.4 Å². The van der Waals surface area contributed by atoms with Crippen LogP contribution in [0.1, 0.15) is 35.2 Å². The number of ether oxygens (including phenoxy) is 1. The summed E-state index contributed by atoms with van der Waals surface area (Å²) in [5, 5.41) is 5.80. The highest BCUT2D eigenvalue weighted by atomic mass is 16.5. The van der Waals surface area contributed by atoms with E-state index in [1.807, 2.05) is 24.3 Å². The van der Waals surface area contributed by atoms with Crippen LogP contribution in [-0.4, -0.2) is 25.5 Å². The average molecular weight is 352 g/mol. The molecule has 0 unspecified atom stereocenters. The van der Waals surface area contributed by atoms with Gasteiger partial charge in [0, 0.05) is 23.7 Å². The minimum atomic E-state index is -0.0974. The van der Waals surface area contributed by atoms with Crippen LogP contribution in [-0.2, 0) is 11.2 Å². The Morgan fingerprint density at radius 1 is 1.04 bits per heavy atom. The molecule has 3 rings (SSSR count). The lowest BCUT2D eigenvalue weighted by atomic mass is 10.1. The van der Waals surface area contributed by atoms with Crippen molar-refractivity contribution in [2.45, 2.75) is 25.7 Å². The van der Waals surface area contributed by atoms with Crippen molar-refractivity contribution in [2.75, 3.05) is 19.0 Å². The van der Waals surface area contributed by atoms with Crippen LogP contribution in [0.5, 0.6) is 5.75 Å². The molecule has 26 heavy (non-hydrogen) atoms. The molecule has 0 aliphatic heterocycles. The lowest BCUT2D eigenvalue weighted by Gasteiger charge is -2.08. The number of hydrogen-bond acceptors (Lipinski definition) is 3. The quantitative estimate of drug-likeness (QED) is 0.716. The molecule has 0 atom stereocenters. The van der Waals surface area contributed by atoms with Gasteiger partial charge in [-0.05, 0) is 67.6 Å². The Morgan fingerprint density at radius 2 is 1.73 bits per heavy atom. The molecule has 1 saturated carbocycles. The van der Waals surface area contributed by atoms with Gasteiger partial charge < -0.3 is 15.4 Å². The number of amides is 2. The number of carbonyl (C=O) groups is 2. The standard InChI is InChI=1S/C21H24N2O3/c1-26-19-12-4-15(5-13-19)3-2-14-22-20(24)16-8-10-18(11-9-16)23-21(25)17-6-7-17/h4-5,8-13,17H,2-3,6-7,14H2,1H3,(H,22,24)(H,23,25). The third-order valence-electron chi connectivity index (χ3n) is 4.45. The molecular weight excluding hydrogens is 328 g/mol. The van der Waals surface area contributed by atoms with E-state index in [0.717, 1.165) is 37.1 Å². The van der Waals surface area contributed by atoms with E-state index in [2.05, 4.69) is 10.6 Å². The van der Waals surface area contributed by atoms with Gasteiger partial charge in [-0.2, -0.15) is 0 Å². The van der Waals surface area contributed by atoms with Crippen LogP contribution in [0, 0.1) is 5.92 Å². The maximum atomic E-state index is 12.2. The summed E-state index contributed by atoms with van der Waals surface area (Å²) in [6.45, 7) is 0.616. The van der Waals surface area contributed by atoms with Crippen molar-refractivity contribution in [1.82, 2.24) is 5.32 Å². The molecule has 2 aromatic rings. The van der Waals surface area contributed by atoms with E-state index in [-0.39, 0.29) is 17.7 Å². The first kappa shape index (κ1) is 18.0. The Balaban J connectivity index is 1.40. The molecule has 0 bridgehead atoms. The molecule has 0 radical (unpaired) electrons. The van der Waals surface area contributed by atoms with Crippen molar-refractivity contribution in [2.24, 2.45) is 5.92 Å². The zero-order valence-electron chi connectivity index (χ0n) is 15.0. The molecule has 1 fully saturated rings. The van der Waals surface area contributed by atoms with Gasteiger partial charge in [-0.15, -0.1) is 0 Å². The Kier molecular flexibility index (Phi) is 5.89. The number of carbonyl (C=O) groups excluding carboxylic acids is 2. The number of rotatable bonds is 8. The predicted octanol–water partition coefficient (Wildman–Crippen LogP) is 3.41. The Bertz CT molecular complexity index is 750. The fourth-order valence-electron chi connectivity index (χ4n) is 2.68. The fourth-order valence-corrected chi connectivity index (χ4v) is 2.68. The van der Waals surface area contributed by atoms with Gasteiger partial charge in [0.15, 0.2) is 0 Å². The van der Waals surface area contributed by atoms with Crippen molar-refractivity contribution >= 4 is 17.5 Å². The monoisotopic (exact) mass is 352 g/mol. The van der Waals surface area contributed by atoms with Crippen LogP contribution in [0.25, 0.3) is 0 Å². The second-order valence-electron chi connectivity index (χ2n) is 6.55. The van der Waals surface area contributed by atoms with Gasteiger partial charge in [-0.1, -0.05) is 12.1 Å². The smallest absolute Gasteiger partial charge is 0.251 e. The minimum Gasteiger partial charge on any atom is -0.497 e. The van der Waals surface area contributed by atoms with Crippen LogP contribution in [0.3, 0.4) is 0 Å². The summed E-state index contributed by atoms with van der Waals surface area (Å²) in [6.07, 6.45) is 3.72. The van der Waals surface area contributed by atoms with Gasteiger partial charge in [-0.3, -0.25) is 9.59 Å². The summed E-state index contributed by atoms with van der Waals surface area (Å²) in [5.74, 6) is 0.989. The van der Waals surface area contributed by atoms with Gasteiger partial charge in [0.1, 0.15) is 5.75 Å². The molecule has 2 amide bonds. The Labute approximate surface area is 153 Å². The number of hydrogen-bond donors (Lipinski definition) is 2. The highest BCUT2D eigenvalue weighted by Gasteiger charge is 2.29. The zero-order chi connectivity index (χ0) is 18.4. The second-order valence-corrected chi connectivity index (χ2v) is 6.55. The van der Waals surface area contributed by atoms with Crippen LogP contribution >= 0.6 is 0 Å². The van der Waals surface area contributed by atoms with Crippen molar-refractivity contribution in [3.8, 4) is 5.75 Å². The number of aryl methyl sites for hydroxylation is 1. The second kappa shape index (κ2) is 8.52. The average Bonchev–Trinajstić information content (AvgIpc) is 3.51. The molecule has 2 N–H and O–H groups in total. The molecule has 0 saturated heterocycles. The Morgan fingerprint density at radius 3 is 2.35 bits per heavy atom. The first-order valence-electron chi connectivity index (χ1n) is 8.98. The van der Waals surface area contributed by atoms with Gasteiger partial charge in [-0.25, -0.2) is 0 Å². The molecular formula is C21H24N2O3. The third kappa shape index (κ3) is 5.09. The van der Waals surface area contributed by atoms with E-state index < -0.39 is 0 Å². The maximum Gasteiger partial charge on any atom is 0.251 e. The number of methoxy groups -OCH3 is 1. The molecule has 5 nitrogen and oxygen atoms in total. The summed E-state index contributed by atoms with van der Waals surface area (Å²) in [4.78, 5) is 23.9. The lowest BCUT2D eigenvalue weighted by Crippen LogP contribution is -2.24. The van der Waals surface area contributed by atoms with E-state index in [4.69, 9.17) is 4.74 Å². The van der Waals surface area contributed by atoms with Gasteiger partial charge >= 0.3 is 0 Å². The highest BCUT2D eigenvalue weighted by molar-refractivity contribution is 5.96. The van der Waals surface area contributed by atoms with Gasteiger partial charge in [0.05, 0.1) is 7.11 Å². The summed E-state index contributed by atoms with van der Waals surface area (Å²) in [6, 6.07) is 15.0. The van der Waals surface area contributed by atoms with E-state index in [9.17, 15) is 9.59 Å². The summed E-state index contributed by atoms with van der Waals surface area (Å²) in [5.41, 5.74) is 2.55. The van der Waals surface area contributed by atoms with Crippen LogP contribution in [0.2, 0.25) is 0 Å². The van der Waals surface area contributed by atoms with Crippen molar-refractivity contribution in [3.63, 3.8) is 0 Å². The van der Waals surface area contributed by atoms with Crippen LogP contribution in [0.4, 0.5) is 5.69 Å². The number of anilines is 1. The fraction of sp³-hybridized carbons (Fsp3) is 0.333. The SMILES string of the molecule is COc1ccc(CCCNC(=O)c2ccc(NC(=O)C3CC3)cc2)cc1. The normalized spacial score (nSPS) is 13.1. The molecule has 0 aromatic heterocycles. The number of nitrogens with one attached hydrogen (secondary N) is 2. The van der Waals surface area contributed by atoms with Crippen LogP contribution < -0.4 is 15.4 Å². The predicted molar refractivity (Wildman–Crippen MR) is 101 cm³/mol. The third-order valence-corrected chi connectivity index (χ3v) is 4.45. The minimum absolute atomic E-state index is 0.0701. The molecule has 5 heteroatoms. The maximum absolute atomic E-state index is 12.2. The summed E-state index contributed by atoms with van der Waals surface area (Å²) < 4.78 is 5.14. The number of benzene rings is 2. The van der Waals surface area contributed by atoms with Crippen molar-refractivity contribution in [1.29, 1.82) is 0 Å². The summed E-state index contributed by atoms with van der Waals surface area (Å²) in [7, 11) is 1.65. The largest absolute Gasteiger partial charge is 0.497 e. The highest BCUT2D eigenvalue weighted by Crippen LogP contribution is 2.30. The van der Waals surface area contributed by atoms with Gasteiger partial charge in [0.2, 0.25) is 5.91 Å². The molecule has 0 spiro atoms. The van der Waals surface area contributed by atoms with Gasteiger partial charge in [0.25, 0.3) is 5.91 Å². The summed E-state index contributed by atoms with van der Waals surface area (Å²) >= 11 is 0.